The molecular formula is C56H44N8+4. The monoisotopic (exact) mass is 828 g/mol. The average molecular weight is 829 g/mol. The van der Waals surface area contributed by atoms with E-state index in [1.165, 1.54) is 0 Å². The van der Waals surface area contributed by atoms with Crippen LogP contribution in [-0.2, 0) is 28.2 Å². The Bertz CT molecular complexity index is 3770. The summed E-state index contributed by atoms with van der Waals surface area (Å²) in [7, 11) is 8.41. The van der Waals surface area contributed by atoms with E-state index in [1.807, 2.05) is 0 Å². The summed E-state index contributed by atoms with van der Waals surface area (Å²) in [4.78, 5) is 19.0. The third-order valence-electron chi connectivity index (χ3n) is 12.7. The van der Waals surface area contributed by atoms with Gasteiger partial charge < -0.3 is 9.97 Å². The first-order valence-corrected chi connectivity index (χ1v) is 21.6. The van der Waals surface area contributed by atoms with Gasteiger partial charge in [0, 0.05) is 90.3 Å². The minimum Gasteiger partial charge on any atom is -0.354 e. The molecule has 7 aromatic heterocycles. The largest absolute Gasteiger partial charge is 0.354 e. The molecule has 0 fully saturated rings. The van der Waals surface area contributed by atoms with Crippen molar-refractivity contribution in [3.8, 4) is 44.5 Å². The van der Waals surface area contributed by atoms with Gasteiger partial charge in [0.2, 0.25) is 16.6 Å². The first kappa shape index (κ1) is 37.4. The molecule has 64 heavy (non-hydrogen) atoms. The van der Waals surface area contributed by atoms with Crippen molar-refractivity contribution in [2.45, 2.75) is 0 Å². The highest BCUT2D eigenvalue weighted by Crippen LogP contribution is 2.39. The third kappa shape index (κ3) is 6.22. The Labute approximate surface area is 369 Å². The SMILES string of the molecule is C[n+]1cccc(-c2c3nc(c(-c4cc5ccccc5[n+](C)c4)c4ccc([nH]4)c(-c4cc5ccccc5[n+](C)c4)c4nc(c(-c5cc6ccccc6[n+](C)c5)c5ccc2[nH]5)C=C4)C=C3)c1. The van der Waals surface area contributed by atoms with E-state index in [9.17, 15) is 0 Å². The van der Waals surface area contributed by atoms with Crippen LogP contribution < -0.4 is 18.3 Å². The molecule has 9 heterocycles. The van der Waals surface area contributed by atoms with Crippen LogP contribution in [0.4, 0.5) is 0 Å². The molecule has 2 aliphatic heterocycles. The zero-order chi connectivity index (χ0) is 43.1. The Morgan fingerprint density at radius 1 is 0.359 bits per heavy atom. The van der Waals surface area contributed by atoms with E-state index in [1.54, 1.807) is 0 Å². The van der Waals surface area contributed by atoms with Crippen molar-refractivity contribution in [2.24, 2.45) is 28.2 Å². The fraction of sp³-hybridized carbons (Fsp3) is 0.0714. The van der Waals surface area contributed by atoms with Gasteiger partial charge in [0.15, 0.2) is 31.0 Å². The average Bonchev–Trinajstić information content (AvgIpc) is 4.15. The molecule has 0 aliphatic carbocycles. The van der Waals surface area contributed by atoms with Crippen LogP contribution in [0, 0.1) is 0 Å². The van der Waals surface area contributed by atoms with Crippen LogP contribution >= 0.6 is 0 Å². The maximum atomic E-state index is 5.60. The summed E-state index contributed by atoms with van der Waals surface area (Å²) in [5.74, 6) is 0. The number of benzene rings is 3. The molecule has 8 bridgehead atoms. The van der Waals surface area contributed by atoms with Gasteiger partial charge in [-0.1, -0.05) is 36.4 Å². The number of aromatic nitrogens is 8. The van der Waals surface area contributed by atoms with Crippen LogP contribution in [0.15, 0.2) is 158 Å². The molecule has 3 aromatic carbocycles. The van der Waals surface area contributed by atoms with Crippen molar-refractivity contribution in [3.63, 3.8) is 0 Å². The Kier molecular flexibility index (Phi) is 8.55. The van der Waals surface area contributed by atoms with Crippen LogP contribution in [0.25, 0.3) is 124 Å². The molecule has 12 rings (SSSR count). The van der Waals surface area contributed by atoms with E-state index >= 15 is 0 Å². The van der Waals surface area contributed by atoms with E-state index in [0.29, 0.717) is 0 Å². The maximum absolute atomic E-state index is 5.60. The highest BCUT2D eigenvalue weighted by molar-refractivity contribution is 6.01. The summed E-state index contributed by atoms with van der Waals surface area (Å²) >= 11 is 0. The Balaban J connectivity index is 1.26. The van der Waals surface area contributed by atoms with Crippen LogP contribution in [-0.4, -0.2) is 19.9 Å². The lowest BCUT2D eigenvalue weighted by Gasteiger charge is -2.07. The van der Waals surface area contributed by atoms with Gasteiger partial charge in [-0.15, -0.1) is 0 Å². The number of nitrogens with one attached hydrogen (secondary N) is 2. The fourth-order valence-corrected chi connectivity index (χ4v) is 9.81. The minimum absolute atomic E-state index is 0.872. The smallest absolute Gasteiger partial charge is 0.212 e. The van der Waals surface area contributed by atoms with Gasteiger partial charge >= 0.3 is 0 Å². The van der Waals surface area contributed by atoms with Crippen LogP contribution in [0.2, 0.25) is 0 Å². The van der Waals surface area contributed by atoms with Crippen LogP contribution in [0.1, 0.15) is 22.8 Å². The topological polar surface area (TPSA) is 72.9 Å². The van der Waals surface area contributed by atoms with Gasteiger partial charge in [0.25, 0.3) is 0 Å². The number of hydrogen-bond acceptors (Lipinski definition) is 2. The number of para-hydroxylation sites is 3. The molecule has 10 aromatic rings. The molecule has 0 saturated heterocycles. The second-order valence-corrected chi connectivity index (χ2v) is 17.0. The van der Waals surface area contributed by atoms with Gasteiger partial charge in [-0.05, 0) is 91.0 Å². The molecule has 304 valence electrons. The van der Waals surface area contributed by atoms with Crippen molar-refractivity contribution >= 4 is 79.1 Å². The first-order chi connectivity index (χ1) is 31.3. The summed E-state index contributed by atoms with van der Waals surface area (Å²) < 4.78 is 8.71. The molecule has 0 unspecified atom stereocenters. The first-order valence-electron chi connectivity index (χ1n) is 21.6. The summed E-state index contributed by atoms with van der Waals surface area (Å²) in [6.07, 6.45) is 19.5. The Morgan fingerprint density at radius 3 is 1.06 bits per heavy atom. The van der Waals surface area contributed by atoms with E-state index in [0.717, 1.165) is 122 Å². The normalized spacial score (nSPS) is 12.2. The zero-order valence-electron chi connectivity index (χ0n) is 36.0. The number of aryl methyl sites for hydroxylation is 4. The second kappa shape index (κ2) is 14.6. The molecule has 2 aliphatic rings. The van der Waals surface area contributed by atoms with E-state index in [2.05, 4.69) is 239 Å². The van der Waals surface area contributed by atoms with Gasteiger partial charge in [0.1, 0.15) is 28.2 Å². The summed E-state index contributed by atoms with van der Waals surface area (Å²) in [6, 6.07) is 45.5. The lowest BCUT2D eigenvalue weighted by molar-refractivity contribution is -0.671. The van der Waals surface area contributed by atoms with E-state index < -0.39 is 0 Å². The Morgan fingerprint density at radius 2 is 0.703 bits per heavy atom. The van der Waals surface area contributed by atoms with Crippen molar-refractivity contribution < 1.29 is 18.3 Å². The predicted molar refractivity (Wildman–Crippen MR) is 258 cm³/mol. The number of pyridine rings is 4. The number of H-pyrrole nitrogens is 2. The van der Waals surface area contributed by atoms with Gasteiger partial charge in [-0.2, -0.15) is 0 Å². The number of aromatic amines is 2. The zero-order valence-corrected chi connectivity index (χ0v) is 36.0. The molecule has 0 amide bonds. The van der Waals surface area contributed by atoms with Crippen molar-refractivity contribution in [3.05, 3.63) is 181 Å². The molecule has 0 radical (unpaired) electrons. The van der Waals surface area contributed by atoms with Gasteiger partial charge in [-0.25, -0.2) is 28.2 Å². The summed E-state index contributed by atoms with van der Waals surface area (Å²) in [5, 5.41) is 3.46. The molecule has 8 nitrogen and oxygen atoms in total. The molecule has 0 saturated carbocycles. The minimum atomic E-state index is 0.872. The highest BCUT2D eigenvalue weighted by Gasteiger charge is 2.23. The standard InChI is InChI=1S/C56H44N8/c1-61-27-11-15-38(31-61)53-42-19-21-44(57-42)54(39-28-35-12-5-8-16-50(35)62(2)32-39)46-23-25-48(59-46)56(41-30-37-14-7-10-18-52(37)64(4)34-41)49-26-24-47(60-49)55(45-22-20-43(53)58-45)40-29-36-13-6-9-17-51(36)63(3)33-40/h5-34,57,60H,1-4H3/q+4. The second-order valence-electron chi connectivity index (χ2n) is 17.0. The van der Waals surface area contributed by atoms with Crippen LogP contribution in [0.5, 0.6) is 0 Å². The van der Waals surface area contributed by atoms with E-state index in [4.69, 9.17) is 9.97 Å². The Hall–Kier alpha value is -8.36. The molecule has 2 N–H and O–H groups in total. The summed E-state index contributed by atoms with van der Waals surface area (Å²) in [5.41, 5.74) is 19.1. The maximum Gasteiger partial charge on any atom is 0.212 e. The van der Waals surface area contributed by atoms with Gasteiger partial charge in [0.05, 0.1) is 39.5 Å². The number of fused-ring (bicyclic) bond motifs is 11. The lowest BCUT2D eigenvalue weighted by Crippen LogP contribution is -2.28. The number of rotatable bonds is 4. The van der Waals surface area contributed by atoms with E-state index in [-0.39, 0.29) is 0 Å². The molecule has 0 atom stereocenters. The third-order valence-corrected chi connectivity index (χ3v) is 12.7. The molecule has 8 heteroatoms. The fourth-order valence-electron chi connectivity index (χ4n) is 9.81. The highest BCUT2D eigenvalue weighted by atomic mass is 14.9. The van der Waals surface area contributed by atoms with Crippen molar-refractivity contribution in [2.75, 3.05) is 0 Å². The quantitative estimate of drug-likeness (QED) is 0.174. The number of hydrogen-bond donors (Lipinski definition) is 2. The molecular weight excluding hydrogens is 785 g/mol. The predicted octanol–water partition coefficient (Wildman–Crippen LogP) is 10.1. The summed E-state index contributed by atoms with van der Waals surface area (Å²) in [6.45, 7) is 0. The molecule has 0 spiro atoms. The van der Waals surface area contributed by atoms with Crippen LogP contribution in [0.3, 0.4) is 0 Å². The van der Waals surface area contributed by atoms with Crippen molar-refractivity contribution in [1.29, 1.82) is 0 Å². The number of nitrogens with zero attached hydrogens (tertiary/aromatic N) is 6. The lowest BCUT2D eigenvalue weighted by atomic mass is 10.0. The van der Waals surface area contributed by atoms with Gasteiger partial charge in [-0.3, -0.25) is 0 Å². The van der Waals surface area contributed by atoms with Crippen molar-refractivity contribution in [1.82, 2.24) is 19.9 Å².